The Labute approximate surface area is 171 Å². The number of hydrogen-bond acceptors (Lipinski definition) is 4. The maximum Gasteiger partial charge on any atom is 0.330 e. The van der Waals surface area contributed by atoms with Crippen molar-refractivity contribution in [3.05, 3.63) is 71.8 Å². The van der Waals surface area contributed by atoms with Gasteiger partial charge in [0.15, 0.2) is 0 Å². The number of esters is 1. The molecular weight excluding hydrogens is 366 g/mol. The van der Waals surface area contributed by atoms with E-state index in [0.29, 0.717) is 12.3 Å². The van der Waals surface area contributed by atoms with Crippen molar-refractivity contribution in [1.82, 2.24) is 10.2 Å². The number of likely N-dealkylation sites (tertiary alicyclic amines) is 1. The summed E-state index contributed by atoms with van der Waals surface area (Å²) >= 11 is 0. The fraction of sp³-hybridized carbons (Fsp3) is 0.304. The number of anilines is 1. The van der Waals surface area contributed by atoms with Gasteiger partial charge in [0.25, 0.3) is 0 Å². The van der Waals surface area contributed by atoms with E-state index in [2.05, 4.69) is 27.7 Å². The summed E-state index contributed by atoms with van der Waals surface area (Å²) in [4.78, 5) is 26.0. The summed E-state index contributed by atoms with van der Waals surface area (Å²) in [5.74, 6) is -0.369. The Morgan fingerprint density at radius 1 is 1.14 bits per heavy atom. The first-order valence-corrected chi connectivity index (χ1v) is 9.91. The second-order valence-corrected chi connectivity index (χ2v) is 7.01. The van der Waals surface area contributed by atoms with Crippen molar-refractivity contribution in [2.45, 2.75) is 25.9 Å². The molecule has 2 aromatic carbocycles. The van der Waals surface area contributed by atoms with E-state index in [4.69, 9.17) is 4.74 Å². The number of urea groups is 1. The molecule has 3 rings (SSSR count). The molecule has 0 aromatic heterocycles. The molecule has 1 fully saturated rings. The number of rotatable bonds is 7. The molecule has 1 saturated heterocycles. The quantitative estimate of drug-likeness (QED) is 0.556. The van der Waals surface area contributed by atoms with Crippen LogP contribution < -0.4 is 10.6 Å². The van der Waals surface area contributed by atoms with Crippen LogP contribution in [0.5, 0.6) is 0 Å². The van der Waals surface area contributed by atoms with Gasteiger partial charge < -0.3 is 15.4 Å². The van der Waals surface area contributed by atoms with Gasteiger partial charge >= 0.3 is 12.0 Å². The van der Waals surface area contributed by atoms with Crippen LogP contribution in [-0.2, 0) is 16.1 Å². The Morgan fingerprint density at radius 2 is 1.90 bits per heavy atom. The van der Waals surface area contributed by atoms with Crippen molar-refractivity contribution in [3.63, 3.8) is 0 Å². The van der Waals surface area contributed by atoms with Gasteiger partial charge in [0.05, 0.1) is 6.61 Å². The Balaban J connectivity index is 1.43. The SMILES string of the molecule is CCOC(=O)/C=C\c1ccc(NC(=O)N[C@@H]2CCN(Cc3ccccc3)C2)cc1. The fourth-order valence-electron chi connectivity index (χ4n) is 3.32. The molecule has 2 aromatic rings. The van der Waals surface area contributed by atoms with Gasteiger partial charge in [-0.15, -0.1) is 0 Å². The van der Waals surface area contributed by atoms with E-state index in [1.165, 1.54) is 11.6 Å². The minimum atomic E-state index is -0.369. The zero-order valence-electron chi connectivity index (χ0n) is 16.6. The van der Waals surface area contributed by atoms with Gasteiger partial charge in [-0.3, -0.25) is 4.90 Å². The minimum Gasteiger partial charge on any atom is -0.463 e. The minimum absolute atomic E-state index is 0.144. The van der Waals surface area contributed by atoms with Gasteiger partial charge in [-0.2, -0.15) is 0 Å². The molecule has 0 radical (unpaired) electrons. The van der Waals surface area contributed by atoms with Crippen LogP contribution in [0.3, 0.4) is 0 Å². The molecule has 0 aliphatic carbocycles. The molecule has 1 aliphatic heterocycles. The maximum atomic E-state index is 12.3. The van der Waals surface area contributed by atoms with Crippen LogP contribution in [0.4, 0.5) is 10.5 Å². The van der Waals surface area contributed by atoms with E-state index in [9.17, 15) is 9.59 Å². The summed E-state index contributed by atoms with van der Waals surface area (Å²) in [6, 6.07) is 17.6. The number of ether oxygens (including phenoxy) is 1. The standard InChI is InChI=1S/C23H27N3O3/c1-2-29-22(27)13-10-18-8-11-20(12-9-18)24-23(28)25-21-14-15-26(17-21)16-19-6-4-3-5-7-19/h3-13,21H,2,14-17H2,1H3,(H2,24,25,28)/b13-10-/t21-/m1/s1. The van der Waals surface area contributed by atoms with Crippen LogP contribution in [0.2, 0.25) is 0 Å². The normalized spacial score (nSPS) is 16.7. The lowest BCUT2D eigenvalue weighted by Gasteiger charge is -2.17. The van der Waals surface area contributed by atoms with Crippen molar-refractivity contribution < 1.29 is 14.3 Å². The second kappa shape index (κ2) is 10.4. The summed E-state index contributed by atoms with van der Waals surface area (Å²) in [6.45, 7) is 4.85. The largest absolute Gasteiger partial charge is 0.463 e. The van der Waals surface area contributed by atoms with E-state index in [1.807, 2.05) is 30.3 Å². The fourth-order valence-corrected chi connectivity index (χ4v) is 3.32. The molecule has 6 heteroatoms. The molecule has 1 heterocycles. The third kappa shape index (κ3) is 6.76. The predicted octanol–water partition coefficient (Wildman–Crippen LogP) is 3.66. The Kier molecular flexibility index (Phi) is 7.41. The molecular formula is C23H27N3O3. The maximum absolute atomic E-state index is 12.3. The average molecular weight is 393 g/mol. The van der Waals surface area contributed by atoms with Gasteiger partial charge in [0.2, 0.25) is 0 Å². The molecule has 29 heavy (non-hydrogen) atoms. The van der Waals surface area contributed by atoms with Crippen molar-refractivity contribution >= 4 is 23.8 Å². The van der Waals surface area contributed by atoms with E-state index in [-0.39, 0.29) is 18.0 Å². The molecule has 0 spiro atoms. The topological polar surface area (TPSA) is 70.7 Å². The van der Waals surface area contributed by atoms with Crippen molar-refractivity contribution in [1.29, 1.82) is 0 Å². The van der Waals surface area contributed by atoms with E-state index < -0.39 is 0 Å². The molecule has 1 aliphatic rings. The Bertz CT molecular complexity index is 834. The lowest BCUT2D eigenvalue weighted by molar-refractivity contribution is -0.137. The molecule has 0 bridgehead atoms. The summed E-state index contributed by atoms with van der Waals surface area (Å²) in [6.07, 6.45) is 4.01. The first kappa shape index (κ1) is 20.6. The van der Waals surface area contributed by atoms with Crippen molar-refractivity contribution in [2.75, 3.05) is 25.0 Å². The van der Waals surface area contributed by atoms with Crippen LogP contribution >= 0.6 is 0 Å². The molecule has 0 saturated carbocycles. The van der Waals surface area contributed by atoms with Crippen molar-refractivity contribution in [3.8, 4) is 0 Å². The van der Waals surface area contributed by atoms with Gasteiger partial charge in [-0.25, -0.2) is 9.59 Å². The highest BCUT2D eigenvalue weighted by atomic mass is 16.5. The summed E-state index contributed by atoms with van der Waals surface area (Å²) < 4.78 is 4.85. The van der Waals surface area contributed by atoms with Gasteiger partial charge in [-0.05, 0) is 42.7 Å². The molecule has 6 nitrogen and oxygen atoms in total. The first-order valence-electron chi connectivity index (χ1n) is 9.91. The highest BCUT2D eigenvalue weighted by Crippen LogP contribution is 2.14. The summed E-state index contributed by atoms with van der Waals surface area (Å²) in [5, 5.41) is 5.91. The molecule has 2 N–H and O–H groups in total. The van der Waals surface area contributed by atoms with Crippen LogP contribution in [0.1, 0.15) is 24.5 Å². The second-order valence-electron chi connectivity index (χ2n) is 7.01. The lowest BCUT2D eigenvalue weighted by atomic mass is 10.2. The highest BCUT2D eigenvalue weighted by Gasteiger charge is 2.23. The summed E-state index contributed by atoms with van der Waals surface area (Å²) in [7, 11) is 0. The predicted molar refractivity (Wildman–Crippen MR) is 114 cm³/mol. The number of nitrogens with one attached hydrogen (secondary N) is 2. The number of carbonyl (C=O) groups is 2. The Morgan fingerprint density at radius 3 is 2.62 bits per heavy atom. The lowest BCUT2D eigenvalue weighted by Crippen LogP contribution is -2.39. The van der Waals surface area contributed by atoms with Crippen LogP contribution in [0.15, 0.2) is 60.7 Å². The van der Waals surface area contributed by atoms with E-state index in [0.717, 1.165) is 31.6 Å². The van der Waals surface area contributed by atoms with Crippen LogP contribution in [-0.4, -0.2) is 42.6 Å². The number of carbonyl (C=O) groups excluding carboxylic acids is 2. The van der Waals surface area contributed by atoms with Crippen LogP contribution in [0, 0.1) is 0 Å². The third-order valence-electron chi connectivity index (χ3n) is 4.72. The average Bonchev–Trinajstić information content (AvgIpc) is 3.15. The molecule has 0 unspecified atom stereocenters. The van der Waals surface area contributed by atoms with Gasteiger partial charge in [0.1, 0.15) is 0 Å². The van der Waals surface area contributed by atoms with E-state index >= 15 is 0 Å². The third-order valence-corrected chi connectivity index (χ3v) is 4.72. The smallest absolute Gasteiger partial charge is 0.330 e. The number of benzene rings is 2. The molecule has 2 amide bonds. The molecule has 152 valence electrons. The molecule has 1 atom stereocenters. The van der Waals surface area contributed by atoms with Crippen LogP contribution in [0.25, 0.3) is 6.08 Å². The van der Waals surface area contributed by atoms with Crippen molar-refractivity contribution in [2.24, 2.45) is 0 Å². The first-order chi connectivity index (χ1) is 14.1. The number of nitrogens with zero attached hydrogens (tertiary/aromatic N) is 1. The summed E-state index contributed by atoms with van der Waals surface area (Å²) in [5.41, 5.74) is 2.85. The zero-order valence-corrected chi connectivity index (χ0v) is 16.6. The monoisotopic (exact) mass is 393 g/mol. The van der Waals surface area contributed by atoms with Gasteiger partial charge in [0, 0.05) is 37.4 Å². The number of hydrogen-bond donors (Lipinski definition) is 2. The zero-order chi connectivity index (χ0) is 20.5. The Hall–Kier alpha value is -3.12. The number of amides is 2. The van der Waals surface area contributed by atoms with Gasteiger partial charge in [-0.1, -0.05) is 42.5 Å². The van der Waals surface area contributed by atoms with E-state index in [1.54, 1.807) is 25.1 Å². The highest BCUT2D eigenvalue weighted by molar-refractivity contribution is 5.90.